The SMILES string of the molecule is O=C(N[C@@H](CCCCCCCc1ccc2c(n1)NCCC2)C(=O)O)OC(=O)c1ccccc1. The van der Waals surface area contributed by atoms with Crippen molar-refractivity contribution in [2.45, 2.75) is 63.8 Å². The van der Waals surface area contributed by atoms with Gasteiger partial charge in [-0.3, -0.25) is 0 Å². The van der Waals surface area contributed by atoms with E-state index in [0.717, 1.165) is 63.0 Å². The van der Waals surface area contributed by atoms with E-state index in [2.05, 4.69) is 22.8 Å². The van der Waals surface area contributed by atoms with Crippen LogP contribution in [0.1, 0.15) is 66.6 Å². The summed E-state index contributed by atoms with van der Waals surface area (Å²) in [6.07, 6.45) is 6.95. The van der Waals surface area contributed by atoms with Crippen LogP contribution in [0.4, 0.5) is 10.6 Å². The number of aliphatic carboxylic acids is 1. The maximum Gasteiger partial charge on any atom is 0.415 e. The number of rotatable bonds is 11. The molecule has 0 saturated heterocycles. The number of nitrogens with one attached hydrogen (secondary N) is 2. The van der Waals surface area contributed by atoms with Crippen LogP contribution in [0.15, 0.2) is 42.5 Å². The normalized spacial score (nSPS) is 13.3. The van der Waals surface area contributed by atoms with Gasteiger partial charge in [0, 0.05) is 12.2 Å². The average Bonchev–Trinajstić information content (AvgIpc) is 2.83. The number of esters is 1. The number of hydrogen-bond donors (Lipinski definition) is 3. The van der Waals surface area contributed by atoms with Crippen molar-refractivity contribution < 1.29 is 24.2 Å². The minimum atomic E-state index is -1.15. The Morgan fingerprint density at radius 3 is 2.58 bits per heavy atom. The molecule has 0 bridgehead atoms. The lowest BCUT2D eigenvalue weighted by Gasteiger charge is -2.17. The Morgan fingerprint density at radius 2 is 1.79 bits per heavy atom. The zero-order valence-corrected chi connectivity index (χ0v) is 18.7. The third-order valence-electron chi connectivity index (χ3n) is 5.66. The molecule has 0 unspecified atom stereocenters. The summed E-state index contributed by atoms with van der Waals surface area (Å²) in [7, 11) is 0. The molecule has 3 N–H and O–H groups in total. The number of alkyl carbamates (subject to hydrolysis) is 1. The molecule has 1 amide bonds. The number of ether oxygens (including phenoxy) is 1. The molecule has 2 aromatic rings. The predicted molar refractivity (Wildman–Crippen MR) is 124 cm³/mol. The molecule has 1 aromatic heterocycles. The topological polar surface area (TPSA) is 118 Å². The molecule has 1 aliphatic heterocycles. The molecule has 2 heterocycles. The number of anilines is 1. The van der Waals surface area contributed by atoms with Gasteiger partial charge in [0.1, 0.15) is 11.9 Å². The fourth-order valence-electron chi connectivity index (χ4n) is 3.84. The quantitative estimate of drug-likeness (QED) is 0.263. The number of hydrogen-bond acceptors (Lipinski definition) is 6. The molecular weight excluding hydrogens is 422 g/mol. The van der Waals surface area contributed by atoms with E-state index < -0.39 is 24.1 Å². The van der Waals surface area contributed by atoms with Crippen LogP contribution in [0.2, 0.25) is 0 Å². The van der Waals surface area contributed by atoms with Crippen molar-refractivity contribution in [2.24, 2.45) is 0 Å². The van der Waals surface area contributed by atoms with Gasteiger partial charge in [-0.1, -0.05) is 49.9 Å². The molecule has 176 valence electrons. The van der Waals surface area contributed by atoms with Gasteiger partial charge in [0.15, 0.2) is 0 Å². The fourth-order valence-corrected chi connectivity index (χ4v) is 3.84. The molecule has 1 atom stereocenters. The molecular formula is C25H31N3O5. The Labute approximate surface area is 193 Å². The maximum atomic E-state index is 11.9. The minimum absolute atomic E-state index is 0.223. The molecule has 3 rings (SSSR count). The van der Waals surface area contributed by atoms with Crippen molar-refractivity contribution in [2.75, 3.05) is 11.9 Å². The van der Waals surface area contributed by atoms with Crippen LogP contribution in [-0.4, -0.2) is 40.7 Å². The van der Waals surface area contributed by atoms with Crippen molar-refractivity contribution in [3.8, 4) is 0 Å². The Bertz CT molecular complexity index is 948. The molecule has 0 aliphatic carbocycles. The van der Waals surface area contributed by atoms with Gasteiger partial charge in [-0.25, -0.2) is 19.4 Å². The number of carboxylic acid groups (broad SMARTS) is 1. The zero-order chi connectivity index (χ0) is 23.5. The first-order chi connectivity index (χ1) is 16.0. The lowest BCUT2D eigenvalue weighted by molar-refractivity contribution is -0.139. The van der Waals surface area contributed by atoms with E-state index in [9.17, 15) is 19.5 Å². The molecule has 1 aromatic carbocycles. The summed E-state index contributed by atoms with van der Waals surface area (Å²) in [6.45, 7) is 0.983. The number of carbonyl (C=O) groups is 3. The van der Waals surface area contributed by atoms with Gasteiger partial charge in [-0.05, 0) is 55.9 Å². The number of aromatic nitrogens is 1. The maximum absolute atomic E-state index is 11.9. The Morgan fingerprint density at radius 1 is 1.03 bits per heavy atom. The van der Waals surface area contributed by atoms with E-state index in [4.69, 9.17) is 9.72 Å². The van der Waals surface area contributed by atoms with Crippen LogP contribution < -0.4 is 10.6 Å². The van der Waals surface area contributed by atoms with Gasteiger partial charge < -0.3 is 20.5 Å². The monoisotopic (exact) mass is 453 g/mol. The summed E-state index contributed by atoms with van der Waals surface area (Å²) in [5.41, 5.74) is 2.61. The van der Waals surface area contributed by atoms with Gasteiger partial charge >= 0.3 is 18.0 Å². The van der Waals surface area contributed by atoms with E-state index in [-0.39, 0.29) is 12.0 Å². The standard InChI is InChI=1S/C25H31N3O5/c29-23(30)21(28-25(32)33-24(31)19-10-5-4-6-11-19)14-8-3-1-2-7-13-20-16-15-18-12-9-17-26-22(18)27-20/h4-6,10-11,15-16,21H,1-3,7-9,12-14,17H2,(H,26,27)(H,28,32)(H,29,30)/t21-/m0/s1. The number of aryl methyl sites for hydroxylation is 2. The van der Waals surface area contributed by atoms with Crippen LogP contribution in [0.5, 0.6) is 0 Å². The third kappa shape index (κ3) is 7.89. The lowest BCUT2D eigenvalue weighted by Crippen LogP contribution is -2.41. The predicted octanol–water partition coefficient (Wildman–Crippen LogP) is 4.34. The molecule has 0 fully saturated rings. The first-order valence-electron chi connectivity index (χ1n) is 11.6. The largest absolute Gasteiger partial charge is 0.480 e. The molecule has 33 heavy (non-hydrogen) atoms. The lowest BCUT2D eigenvalue weighted by atomic mass is 10.0. The van der Waals surface area contributed by atoms with Gasteiger partial charge in [0.25, 0.3) is 0 Å². The van der Waals surface area contributed by atoms with Crippen LogP contribution in [0.3, 0.4) is 0 Å². The summed E-state index contributed by atoms with van der Waals surface area (Å²) < 4.78 is 4.69. The van der Waals surface area contributed by atoms with Crippen LogP contribution in [0, 0.1) is 0 Å². The van der Waals surface area contributed by atoms with E-state index in [1.165, 1.54) is 17.7 Å². The molecule has 0 saturated carbocycles. The fraction of sp³-hybridized carbons (Fsp3) is 0.440. The first-order valence-corrected chi connectivity index (χ1v) is 11.6. The highest BCUT2D eigenvalue weighted by molar-refractivity contribution is 5.97. The van der Waals surface area contributed by atoms with Gasteiger partial charge in [-0.2, -0.15) is 0 Å². The smallest absolute Gasteiger partial charge is 0.415 e. The number of pyridine rings is 1. The number of unbranched alkanes of at least 4 members (excludes halogenated alkanes) is 4. The Balaban J connectivity index is 1.30. The average molecular weight is 454 g/mol. The van der Waals surface area contributed by atoms with Gasteiger partial charge in [0.2, 0.25) is 0 Å². The van der Waals surface area contributed by atoms with Crippen molar-refractivity contribution >= 4 is 23.8 Å². The number of nitrogens with zero attached hydrogens (tertiary/aromatic N) is 1. The molecule has 1 aliphatic rings. The second-order valence-electron chi connectivity index (χ2n) is 8.23. The van der Waals surface area contributed by atoms with E-state index in [1.54, 1.807) is 18.2 Å². The number of carboxylic acids is 1. The molecule has 0 radical (unpaired) electrons. The number of benzene rings is 1. The van der Waals surface area contributed by atoms with E-state index >= 15 is 0 Å². The van der Waals surface area contributed by atoms with E-state index in [1.807, 2.05) is 0 Å². The van der Waals surface area contributed by atoms with Crippen LogP contribution >= 0.6 is 0 Å². The zero-order valence-electron chi connectivity index (χ0n) is 18.7. The van der Waals surface area contributed by atoms with Gasteiger partial charge in [0.05, 0.1) is 5.56 Å². The molecule has 0 spiro atoms. The number of fused-ring (bicyclic) bond motifs is 1. The highest BCUT2D eigenvalue weighted by Gasteiger charge is 2.22. The second-order valence-corrected chi connectivity index (χ2v) is 8.23. The summed E-state index contributed by atoms with van der Waals surface area (Å²) in [5.74, 6) is -0.942. The highest BCUT2D eigenvalue weighted by atomic mass is 16.6. The summed E-state index contributed by atoms with van der Waals surface area (Å²) in [5, 5.41) is 15.0. The summed E-state index contributed by atoms with van der Waals surface area (Å²) >= 11 is 0. The first kappa shape index (κ1) is 24.2. The summed E-state index contributed by atoms with van der Waals surface area (Å²) in [6, 6.07) is 11.3. The van der Waals surface area contributed by atoms with Crippen LogP contribution in [-0.2, 0) is 22.4 Å². The van der Waals surface area contributed by atoms with Crippen molar-refractivity contribution in [3.63, 3.8) is 0 Å². The van der Waals surface area contributed by atoms with Crippen molar-refractivity contribution in [1.82, 2.24) is 10.3 Å². The van der Waals surface area contributed by atoms with E-state index in [0.29, 0.717) is 6.42 Å². The minimum Gasteiger partial charge on any atom is -0.480 e. The summed E-state index contributed by atoms with van der Waals surface area (Å²) in [4.78, 5) is 40.0. The third-order valence-corrected chi connectivity index (χ3v) is 5.66. The molecule has 8 nitrogen and oxygen atoms in total. The van der Waals surface area contributed by atoms with Crippen molar-refractivity contribution in [3.05, 3.63) is 59.3 Å². The highest BCUT2D eigenvalue weighted by Crippen LogP contribution is 2.20. The van der Waals surface area contributed by atoms with Crippen LogP contribution in [0.25, 0.3) is 0 Å². The number of amides is 1. The van der Waals surface area contributed by atoms with Crippen molar-refractivity contribution in [1.29, 1.82) is 0 Å². The Hall–Kier alpha value is -3.42. The second kappa shape index (κ2) is 12.6. The molecule has 8 heteroatoms. The Kier molecular flexibility index (Phi) is 9.23. The van der Waals surface area contributed by atoms with Gasteiger partial charge in [-0.15, -0.1) is 0 Å². The number of carbonyl (C=O) groups excluding carboxylic acids is 2.